The molecule has 3 aromatic rings. The number of oxazole rings is 1. The van der Waals surface area contributed by atoms with Crippen LogP contribution < -0.4 is 10.6 Å². The van der Waals surface area contributed by atoms with Crippen molar-refractivity contribution < 1.29 is 4.42 Å². The number of anilines is 2. The molecule has 0 amide bonds. The zero-order chi connectivity index (χ0) is 14.7. The summed E-state index contributed by atoms with van der Waals surface area (Å²) in [6, 6.07) is 16.4. The predicted molar refractivity (Wildman–Crippen MR) is 86.2 cm³/mol. The molecule has 108 valence electrons. The molecule has 1 heterocycles. The lowest BCUT2D eigenvalue weighted by Crippen LogP contribution is -2.23. The molecule has 0 atom stereocenters. The Bertz CT molecular complexity index is 702. The minimum atomic E-state index is 0.667. The summed E-state index contributed by atoms with van der Waals surface area (Å²) < 4.78 is 5.87. The Morgan fingerprint density at radius 2 is 2.00 bits per heavy atom. The minimum absolute atomic E-state index is 0.667. The third-order valence-corrected chi connectivity index (χ3v) is 3.37. The highest BCUT2D eigenvalue weighted by atomic mass is 16.4. The molecule has 3 rings (SSSR count). The lowest BCUT2D eigenvalue weighted by atomic mass is 10.2. The maximum absolute atomic E-state index is 5.87. The summed E-state index contributed by atoms with van der Waals surface area (Å²) in [6.07, 6.45) is 1.03. The highest BCUT2D eigenvalue weighted by Gasteiger charge is 2.13. The molecule has 0 saturated carbocycles. The summed E-state index contributed by atoms with van der Waals surface area (Å²) >= 11 is 0. The van der Waals surface area contributed by atoms with E-state index in [0.717, 1.165) is 41.9 Å². The van der Waals surface area contributed by atoms with Crippen molar-refractivity contribution in [3.8, 4) is 0 Å². The van der Waals surface area contributed by atoms with E-state index in [-0.39, 0.29) is 0 Å². The smallest absolute Gasteiger partial charge is 0.298 e. The van der Waals surface area contributed by atoms with Crippen LogP contribution in [0.3, 0.4) is 0 Å². The second-order valence-electron chi connectivity index (χ2n) is 5.13. The molecule has 21 heavy (non-hydrogen) atoms. The number of aromatic nitrogens is 1. The summed E-state index contributed by atoms with van der Waals surface area (Å²) in [5.74, 6) is 0. The van der Waals surface area contributed by atoms with Crippen LogP contribution in [-0.4, -0.2) is 11.5 Å². The van der Waals surface area contributed by atoms with Crippen LogP contribution in [0.25, 0.3) is 11.1 Å². The van der Waals surface area contributed by atoms with Crippen molar-refractivity contribution in [2.45, 2.75) is 19.9 Å². The first-order valence-electron chi connectivity index (χ1n) is 7.21. The van der Waals surface area contributed by atoms with Gasteiger partial charge in [0, 0.05) is 18.8 Å². The van der Waals surface area contributed by atoms with Crippen molar-refractivity contribution in [3.05, 3.63) is 54.1 Å². The Morgan fingerprint density at radius 3 is 2.76 bits per heavy atom. The van der Waals surface area contributed by atoms with Crippen molar-refractivity contribution in [2.75, 3.05) is 17.2 Å². The number of para-hydroxylation sites is 2. The SMILES string of the molecule is CCCN(Cc1cccc(N)c1)c1nc2ccccc2o1. The molecule has 4 heteroatoms. The van der Waals surface area contributed by atoms with Crippen molar-refractivity contribution in [1.29, 1.82) is 0 Å². The second-order valence-corrected chi connectivity index (χ2v) is 5.13. The zero-order valence-corrected chi connectivity index (χ0v) is 12.1. The minimum Gasteiger partial charge on any atom is -0.423 e. The summed E-state index contributed by atoms with van der Waals surface area (Å²) in [4.78, 5) is 6.73. The molecule has 1 aromatic heterocycles. The van der Waals surface area contributed by atoms with Gasteiger partial charge in [-0.15, -0.1) is 0 Å². The Kier molecular flexibility index (Phi) is 3.77. The molecule has 2 aromatic carbocycles. The highest BCUT2D eigenvalue weighted by molar-refractivity contribution is 5.74. The topological polar surface area (TPSA) is 55.3 Å². The van der Waals surface area contributed by atoms with Crippen LogP contribution in [0.2, 0.25) is 0 Å². The van der Waals surface area contributed by atoms with Crippen LogP contribution in [0.15, 0.2) is 52.9 Å². The number of rotatable bonds is 5. The van der Waals surface area contributed by atoms with Gasteiger partial charge in [0.25, 0.3) is 6.01 Å². The van der Waals surface area contributed by atoms with E-state index in [1.807, 2.05) is 42.5 Å². The van der Waals surface area contributed by atoms with Gasteiger partial charge >= 0.3 is 0 Å². The number of hydrogen-bond acceptors (Lipinski definition) is 4. The van der Waals surface area contributed by atoms with Crippen molar-refractivity contribution >= 4 is 22.8 Å². The first kappa shape index (κ1) is 13.5. The van der Waals surface area contributed by atoms with Gasteiger partial charge in [0.05, 0.1) is 0 Å². The van der Waals surface area contributed by atoms with E-state index in [1.165, 1.54) is 0 Å². The van der Waals surface area contributed by atoms with E-state index in [2.05, 4.69) is 22.9 Å². The van der Waals surface area contributed by atoms with E-state index < -0.39 is 0 Å². The van der Waals surface area contributed by atoms with Gasteiger partial charge in [-0.1, -0.05) is 31.2 Å². The molecule has 0 saturated heterocycles. The van der Waals surface area contributed by atoms with E-state index in [4.69, 9.17) is 10.2 Å². The maximum Gasteiger partial charge on any atom is 0.298 e. The average Bonchev–Trinajstić information content (AvgIpc) is 2.91. The third-order valence-electron chi connectivity index (χ3n) is 3.37. The fraction of sp³-hybridized carbons (Fsp3) is 0.235. The average molecular weight is 281 g/mol. The van der Waals surface area contributed by atoms with E-state index >= 15 is 0 Å². The molecule has 0 bridgehead atoms. The van der Waals surface area contributed by atoms with E-state index in [1.54, 1.807) is 0 Å². The number of nitrogens with two attached hydrogens (primary N) is 1. The Morgan fingerprint density at radius 1 is 1.14 bits per heavy atom. The van der Waals surface area contributed by atoms with Crippen molar-refractivity contribution in [2.24, 2.45) is 0 Å². The molecular weight excluding hydrogens is 262 g/mol. The molecular formula is C17H19N3O. The normalized spacial score (nSPS) is 10.9. The van der Waals surface area contributed by atoms with Crippen molar-refractivity contribution in [1.82, 2.24) is 4.98 Å². The van der Waals surface area contributed by atoms with Crippen LogP contribution in [0.4, 0.5) is 11.7 Å². The number of nitrogens with zero attached hydrogens (tertiary/aromatic N) is 2. The molecule has 0 unspecified atom stereocenters. The van der Waals surface area contributed by atoms with Gasteiger partial charge in [0.1, 0.15) is 5.52 Å². The summed E-state index contributed by atoms with van der Waals surface area (Å²) in [6.45, 7) is 3.78. The molecule has 0 aliphatic rings. The summed E-state index contributed by atoms with van der Waals surface area (Å²) in [5, 5.41) is 0. The van der Waals surface area contributed by atoms with Crippen LogP contribution in [-0.2, 0) is 6.54 Å². The fourth-order valence-electron chi connectivity index (χ4n) is 2.42. The fourth-order valence-corrected chi connectivity index (χ4v) is 2.42. The van der Waals surface area contributed by atoms with Gasteiger partial charge in [-0.3, -0.25) is 0 Å². The van der Waals surface area contributed by atoms with Gasteiger partial charge in [-0.2, -0.15) is 4.98 Å². The predicted octanol–water partition coefficient (Wildman–Crippen LogP) is 3.83. The van der Waals surface area contributed by atoms with Crippen LogP contribution in [0, 0.1) is 0 Å². The van der Waals surface area contributed by atoms with E-state index in [0.29, 0.717) is 6.01 Å². The monoisotopic (exact) mass is 281 g/mol. The maximum atomic E-state index is 5.87. The zero-order valence-electron chi connectivity index (χ0n) is 12.1. The molecule has 0 radical (unpaired) electrons. The molecule has 4 nitrogen and oxygen atoms in total. The number of hydrogen-bond donors (Lipinski definition) is 1. The lowest BCUT2D eigenvalue weighted by molar-refractivity contribution is 0.561. The number of nitrogen functional groups attached to an aromatic ring is 1. The Hall–Kier alpha value is -2.49. The molecule has 0 aliphatic heterocycles. The molecule has 0 spiro atoms. The first-order chi connectivity index (χ1) is 10.3. The molecule has 0 aliphatic carbocycles. The molecule has 0 fully saturated rings. The first-order valence-corrected chi connectivity index (χ1v) is 7.21. The molecule has 2 N–H and O–H groups in total. The number of fused-ring (bicyclic) bond motifs is 1. The summed E-state index contributed by atoms with van der Waals surface area (Å²) in [7, 11) is 0. The summed E-state index contributed by atoms with van der Waals surface area (Å²) in [5.41, 5.74) is 9.50. The van der Waals surface area contributed by atoms with Gasteiger partial charge in [-0.25, -0.2) is 0 Å². The van der Waals surface area contributed by atoms with E-state index in [9.17, 15) is 0 Å². The van der Waals surface area contributed by atoms with Crippen LogP contribution in [0.1, 0.15) is 18.9 Å². The van der Waals surface area contributed by atoms with Gasteiger partial charge in [0.2, 0.25) is 0 Å². The van der Waals surface area contributed by atoms with Crippen molar-refractivity contribution in [3.63, 3.8) is 0 Å². The second kappa shape index (κ2) is 5.87. The van der Waals surface area contributed by atoms with Gasteiger partial charge < -0.3 is 15.1 Å². The Balaban J connectivity index is 1.90. The third kappa shape index (κ3) is 2.99. The highest BCUT2D eigenvalue weighted by Crippen LogP contribution is 2.23. The quantitative estimate of drug-likeness (QED) is 0.722. The van der Waals surface area contributed by atoms with Crippen LogP contribution >= 0.6 is 0 Å². The van der Waals surface area contributed by atoms with Gasteiger partial charge in [0.15, 0.2) is 5.58 Å². The van der Waals surface area contributed by atoms with Crippen LogP contribution in [0.5, 0.6) is 0 Å². The largest absolute Gasteiger partial charge is 0.423 e. The Labute approximate surface area is 124 Å². The number of benzene rings is 2. The lowest BCUT2D eigenvalue weighted by Gasteiger charge is -2.20. The standard InChI is InChI=1S/C17H19N3O/c1-2-10-20(12-13-6-5-7-14(18)11-13)17-19-15-8-3-4-9-16(15)21-17/h3-9,11H,2,10,12,18H2,1H3. The van der Waals surface area contributed by atoms with Gasteiger partial charge in [-0.05, 0) is 36.2 Å².